The van der Waals surface area contributed by atoms with Gasteiger partial charge in [0.25, 0.3) is 0 Å². The summed E-state index contributed by atoms with van der Waals surface area (Å²) in [6.07, 6.45) is 0. The number of benzene rings is 1. The Balaban J connectivity index is 2.30. The largest absolute Gasteiger partial charge is 0.493 e. The molecule has 2 rings (SSSR count). The van der Waals surface area contributed by atoms with E-state index in [2.05, 4.69) is 5.10 Å². The van der Waals surface area contributed by atoms with Gasteiger partial charge in [-0.25, -0.2) is 9.59 Å². The maximum absolute atomic E-state index is 12.1. The first-order chi connectivity index (χ1) is 10.4. The Kier molecular flexibility index (Phi) is 4.45. The van der Waals surface area contributed by atoms with Crippen LogP contribution in [0.3, 0.4) is 0 Å². The fourth-order valence-electron chi connectivity index (χ4n) is 1.90. The lowest BCUT2D eigenvalue weighted by Gasteiger charge is -2.08. The third-order valence-electron chi connectivity index (χ3n) is 2.92. The normalized spacial score (nSPS) is 10.5. The van der Waals surface area contributed by atoms with Gasteiger partial charge in [0.1, 0.15) is 5.69 Å². The molecular weight excluding hydrogens is 288 g/mol. The molecule has 22 heavy (non-hydrogen) atoms. The summed E-state index contributed by atoms with van der Waals surface area (Å²) in [6, 6.07) is 7.66. The van der Waals surface area contributed by atoms with Crippen LogP contribution in [0.4, 0.5) is 0 Å². The molecule has 116 valence electrons. The highest BCUT2D eigenvalue weighted by molar-refractivity contribution is 5.93. The van der Waals surface area contributed by atoms with Gasteiger partial charge in [0.05, 0.1) is 7.11 Å². The lowest BCUT2D eigenvalue weighted by Crippen LogP contribution is -2.13. The van der Waals surface area contributed by atoms with Crippen molar-refractivity contribution in [1.82, 2.24) is 9.78 Å². The molecule has 0 aliphatic rings. The zero-order valence-corrected chi connectivity index (χ0v) is 12.4. The second-order valence-corrected chi connectivity index (χ2v) is 4.80. The van der Waals surface area contributed by atoms with Gasteiger partial charge in [0, 0.05) is 12.1 Å². The van der Waals surface area contributed by atoms with Crippen molar-refractivity contribution in [2.75, 3.05) is 7.11 Å². The Morgan fingerprint density at radius 2 is 1.86 bits per heavy atom. The zero-order chi connectivity index (χ0) is 16.3. The predicted octanol–water partition coefficient (Wildman–Crippen LogP) is 2.39. The molecule has 0 aliphatic heterocycles. The van der Waals surface area contributed by atoms with Crippen molar-refractivity contribution in [3.05, 3.63) is 41.7 Å². The van der Waals surface area contributed by atoms with Gasteiger partial charge in [-0.05, 0) is 26.0 Å². The highest BCUT2D eigenvalue weighted by atomic mass is 16.6. The molecule has 1 N–H and O–H groups in total. The van der Waals surface area contributed by atoms with E-state index in [9.17, 15) is 9.59 Å². The van der Waals surface area contributed by atoms with Crippen LogP contribution in [0.25, 0.3) is 0 Å². The number of aromatic carboxylic acids is 1. The molecule has 1 aromatic carbocycles. The summed E-state index contributed by atoms with van der Waals surface area (Å²) in [7, 11) is 1.46. The molecule has 1 heterocycles. The van der Waals surface area contributed by atoms with E-state index in [0.717, 1.165) is 0 Å². The smallest absolute Gasteiger partial charge is 0.364 e. The molecule has 0 saturated carbocycles. The van der Waals surface area contributed by atoms with E-state index in [4.69, 9.17) is 14.6 Å². The molecule has 7 nitrogen and oxygen atoms in total. The number of carboxylic acid groups (broad SMARTS) is 1. The fraction of sp³-hybridized carbons (Fsp3) is 0.267. The van der Waals surface area contributed by atoms with E-state index in [1.807, 2.05) is 0 Å². The third kappa shape index (κ3) is 3.08. The number of ether oxygens (including phenoxy) is 2. The molecule has 0 saturated heterocycles. The summed E-state index contributed by atoms with van der Waals surface area (Å²) >= 11 is 0. The number of carbonyl (C=O) groups excluding carboxylic acids is 1. The number of methoxy groups -OCH3 is 1. The molecule has 0 amide bonds. The first-order valence-corrected chi connectivity index (χ1v) is 6.62. The summed E-state index contributed by atoms with van der Waals surface area (Å²) in [5.41, 5.74) is -0.140. The van der Waals surface area contributed by atoms with Crippen LogP contribution in [0.2, 0.25) is 0 Å². The third-order valence-corrected chi connectivity index (χ3v) is 2.92. The van der Waals surface area contributed by atoms with Gasteiger partial charge >= 0.3 is 11.9 Å². The first-order valence-electron chi connectivity index (χ1n) is 6.62. The van der Waals surface area contributed by atoms with Crippen LogP contribution >= 0.6 is 0 Å². The molecule has 2 aromatic rings. The maximum Gasteiger partial charge on any atom is 0.364 e. The van der Waals surface area contributed by atoms with Crippen molar-refractivity contribution in [3.63, 3.8) is 0 Å². The van der Waals surface area contributed by atoms with Crippen LogP contribution < -0.4 is 9.47 Å². The summed E-state index contributed by atoms with van der Waals surface area (Å²) in [4.78, 5) is 23.3. The monoisotopic (exact) mass is 304 g/mol. The van der Waals surface area contributed by atoms with Crippen LogP contribution in [0, 0.1) is 0 Å². The van der Waals surface area contributed by atoms with Crippen LogP contribution in [-0.2, 0) is 0 Å². The summed E-state index contributed by atoms with van der Waals surface area (Å²) in [5.74, 6) is -1.26. The topological polar surface area (TPSA) is 90.6 Å². The van der Waals surface area contributed by atoms with Gasteiger partial charge < -0.3 is 14.6 Å². The van der Waals surface area contributed by atoms with Gasteiger partial charge in [-0.3, -0.25) is 4.68 Å². The summed E-state index contributed by atoms with van der Waals surface area (Å²) < 4.78 is 11.6. The number of carboxylic acids is 1. The fourth-order valence-corrected chi connectivity index (χ4v) is 1.90. The SMILES string of the molecule is COc1ccccc1OC(=O)c1cc(C(=O)O)n(C(C)C)n1. The average Bonchev–Trinajstić information content (AvgIpc) is 2.93. The highest BCUT2D eigenvalue weighted by Gasteiger charge is 2.22. The van der Waals surface area contributed by atoms with E-state index >= 15 is 0 Å². The van der Waals surface area contributed by atoms with E-state index in [1.54, 1.807) is 38.1 Å². The van der Waals surface area contributed by atoms with Gasteiger partial charge in [0.15, 0.2) is 17.2 Å². The van der Waals surface area contributed by atoms with Crippen molar-refractivity contribution < 1.29 is 24.2 Å². The van der Waals surface area contributed by atoms with Crippen molar-refractivity contribution in [3.8, 4) is 11.5 Å². The Morgan fingerprint density at radius 3 is 2.36 bits per heavy atom. The van der Waals surface area contributed by atoms with E-state index in [1.165, 1.54) is 17.9 Å². The number of nitrogens with zero attached hydrogens (tertiary/aromatic N) is 2. The number of rotatable bonds is 5. The molecule has 0 bridgehead atoms. The predicted molar refractivity (Wildman–Crippen MR) is 77.5 cm³/mol. The van der Waals surface area contributed by atoms with E-state index in [0.29, 0.717) is 5.75 Å². The van der Waals surface area contributed by atoms with Crippen molar-refractivity contribution in [1.29, 1.82) is 0 Å². The molecule has 0 radical (unpaired) electrons. The lowest BCUT2D eigenvalue weighted by atomic mass is 10.3. The van der Waals surface area contributed by atoms with Gasteiger partial charge in [-0.1, -0.05) is 12.1 Å². The number of carbonyl (C=O) groups is 2. The van der Waals surface area contributed by atoms with Gasteiger partial charge in [-0.15, -0.1) is 0 Å². The Labute approximate surface area is 127 Å². The molecule has 0 spiro atoms. The first kappa shape index (κ1) is 15.6. The molecule has 0 atom stereocenters. The number of hydrogen-bond acceptors (Lipinski definition) is 5. The minimum Gasteiger partial charge on any atom is -0.493 e. The molecular formula is C15H16N2O5. The Morgan fingerprint density at radius 1 is 1.23 bits per heavy atom. The highest BCUT2D eigenvalue weighted by Crippen LogP contribution is 2.26. The van der Waals surface area contributed by atoms with Crippen LogP contribution in [0.5, 0.6) is 11.5 Å². The second kappa shape index (κ2) is 6.30. The number of aromatic nitrogens is 2. The Hall–Kier alpha value is -2.83. The molecule has 1 aromatic heterocycles. The van der Waals surface area contributed by atoms with Crippen molar-refractivity contribution in [2.24, 2.45) is 0 Å². The zero-order valence-electron chi connectivity index (χ0n) is 12.4. The lowest BCUT2D eigenvalue weighted by molar-refractivity contribution is 0.0679. The van der Waals surface area contributed by atoms with Crippen LogP contribution in [0.1, 0.15) is 40.9 Å². The minimum absolute atomic E-state index is 0.0676. The average molecular weight is 304 g/mol. The molecule has 7 heteroatoms. The van der Waals surface area contributed by atoms with E-state index < -0.39 is 11.9 Å². The number of esters is 1. The maximum atomic E-state index is 12.1. The van der Waals surface area contributed by atoms with E-state index in [-0.39, 0.29) is 23.2 Å². The quantitative estimate of drug-likeness (QED) is 0.673. The number of hydrogen-bond donors (Lipinski definition) is 1. The minimum atomic E-state index is -1.16. The Bertz CT molecular complexity index is 706. The van der Waals surface area contributed by atoms with Crippen LogP contribution in [-0.4, -0.2) is 33.9 Å². The van der Waals surface area contributed by atoms with Gasteiger partial charge in [0.2, 0.25) is 0 Å². The second-order valence-electron chi connectivity index (χ2n) is 4.80. The van der Waals surface area contributed by atoms with Crippen molar-refractivity contribution in [2.45, 2.75) is 19.9 Å². The summed E-state index contributed by atoms with van der Waals surface area (Å²) in [6.45, 7) is 3.55. The van der Waals surface area contributed by atoms with Crippen LogP contribution in [0.15, 0.2) is 30.3 Å². The molecule has 0 unspecified atom stereocenters. The molecule has 0 aliphatic carbocycles. The summed E-state index contributed by atoms with van der Waals surface area (Å²) in [5, 5.41) is 13.2. The van der Waals surface area contributed by atoms with Gasteiger partial charge in [-0.2, -0.15) is 5.10 Å². The molecule has 0 fully saturated rings. The van der Waals surface area contributed by atoms with Crippen molar-refractivity contribution >= 4 is 11.9 Å². The number of para-hydroxylation sites is 2. The standard InChI is InChI=1S/C15H16N2O5/c1-9(2)17-11(14(18)19)8-10(16-17)15(20)22-13-7-5-4-6-12(13)21-3/h4-9H,1-3H3,(H,18,19).